The molecule has 2 N–H and O–H groups in total. The summed E-state index contributed by atoms with van der Waals surface area (Å²) in [7, 11) is 0. The highest BCUT2D eigenvalue weighted by atomic mass is 32.1. The summed E-state index contributed by atoms with van der Waals surface area (Å²) in [5.74, 6) is 1.11. The molecular weight excluding hydrogens is 270 g/mol. The number of rotatable bonds is 2. The van der Waals surface area contributed by atoms with Crippen molar-refractivity contribution in [1.82, 2.24) is 14.3 Å². The number of anilines is 1. The lowest BCUT2D eigenvalue weighted by molar-refractivity contribution is 0.202. The van der Waals surface area contributed by atoms with Gasteiger partial charge in [0.25, 0.3) is 0 Å². The Balaban J connectivity index is 1.72. The molecule has 2 unspecified atom stereocenters. The molecule has 2 atom stereocenters. The van der Waals surface area contributed by atoms with Crippen LogP contribution in [0.3, 0.4) is 0 Å². The molecule has 0 saturated carbocycles. The first-order valence-corrected chi connectivity index (χ1v) is 8.31. The molecule has 2 saturated heterocycles. The van der Waals surface area contributed by atoms with Crippen LogP contribution in [-0.2, 0) is 6.54 Å². The number of aromatic nitrogens is 2. The van der Waals surface area contributed by atoms with Gasteiger partial charge in [0.1, 0.15) is 0 Å². The normalized spacial score (nSPS) is 27.4. The average molecular weight is 291 g/mol. The number of imidazole rings is 1. The maximum absolute atomic E-state index is 5.99. The smallest absolute Gasteiger partial charge is 0.195 e. The van der Waals surface area contributed by atoms with E-state index in [-0.39, 0.29) is 0 Å². The van der Waals surface area contributed by atoms with Crippen LogP contribution >= 0.6 is 11.3 Å². The van der Waals surface area contributed by atoms with E-state index in [1.54, 1.807) is 11.3 Å². The van der Waals surface area contributed by atoms with E-state index in [9.17, 15) is 0 Å². The highest BCUT2D eigenvalue weighted by Crippen LogP contribution is 2.31. The zero-order valence-electron chi connectivity index (χ0n) is 11.8. The molecule has 0 bridgehead atoms. The van der Waals surface area contributed by atoms with Gasteiger partial charge in [0.15, 0.2) is 10.8 Å². The van der Waals surface area contributed by atoms with Crippen LogP contribution in [0.15, 0.2) is 11.6 Å². The molecule has 108 valence electrons. The highest BCUT2D eigenvalue weighted by Gasteiger charge is 2.36. The minimum Gasteiger partial charge on any atom is -0.349 e. The Morgan fingerprint density at radius 3 is 3.20 bits per heavy atom. The second-order valence-electron chi connectivity index (χ2n) is 5.93. The first-order chi connectivity index (χ1) is 9.78. The van der Waals surface area contributed by atoms with E-state index >= 15 is 0 Å². The topological polar surface area (TPSA) is 49.8 Å². The summed E-state index contributed by atoms with van der Waals surface area (Å²) < 4.78 is 2.15. The molecule has 2 aromatic heterocycles. The number of fused-ring (bicyclic) bond motifs is 2. The molecule has 0 aromatic carbocycles. The van der Waals surface area contributed by atoms with Crippen LogP contribution in [-0.4, -0.2) is 46.0 Å². The molecule has 0 spiro atoms. The second-order valence-corrected chi connectivity index (χ2v) is 6.81. The fraction of sp³-hybridized carbons (Fsp3) is 0.643. The third-order valence-corrected chi connectivity index (χ3v) is 5.50. The van der Waals surface area contributed by atoms with Gasteiger partial charge in [0.2, 0.25) is 0 Å². The Bertz CT molecular complexity index is 618. The number of nitrogens with two attached hydrogens (primary N) is 1. The number of thiazole rings is 1. The van der Waals surface area contributed by atoms with Crippen molar-refractivity contribution in [3.63, 3.8) is 0 Å². The molecule has 2 aromatic rings. The second kappa shape index (κ2) is 4.72. The van der Waals surface area contributed by atoms with E-state index in [2.05, 4.69) is 32.7 Å². The standard InChI is InChI=1S/C14H21N5S/c1-10-8-17-4-2-3-11(17)9-19(10)13-12(7-15)18-5-6-20-14(18)16-13/h5-6,10-11H,2-4,7-9,15H2,1H3. The zero-order chi connectivity index (χ0) is 13.7. The number of hydrogen-bond donors (Lipinski definition) is 1. The van der Waals surface area contributed by atoms with Crippen LogP contribution in [0.2, 0.25) is 0 Å². The summed E-state index contributed by atoms with van der Waals surface area (Å²) in [4.78, 5) is 11.0. The van der Waals surface area contributed by atoms with Gasteiger partial charge in [-0.1, -0.05) is 0 Å². The van der Waals surface area contributed by atoms with Gasteiger partial charge in [-0.3, -0.25) is 9.30 Å². The van der Waals surface area contributed by atoms with Gasteiger partial charge in [-0.05, 0) is 26.3 Å². The third kappa shape index (κ3) is 1.78. The molecular formula is C14H21N5S. The minimum absolute atomic E-state index is 0.513. The summed E-state index contributed by atoms with van der Waals surface area (Å²) >= 11 is 1.68. The van der Waals surface area contributed by atoms with Gasteiger partial charge in [-0.15, -0.1) is 11.3 Å². The molecule has 0 aliphatic carbocycles. The largest absolute Gasteiger partial charge is 0.349 e. The van der Waals surface area contributed by atoms with Crippen molar-refractivity contribution in [2.75, 3.05) is 24.5 Å². The maximum Gasteiger partial charge on any atom is 0.195 e. The molecule has 0 amide bonds. The van der Waals surface area contributed by atoms with E-state index in [0.717, 1.165) is 29.6 Å². The van der Waals surface area contributed by atoms with Crippen molar-refractivity contribution < 1.29 is 0 Å². The Hall–Kier alpha value is -1.11. The molecule has 6 heteroatoms. The van der Waals surface area contributed by atoms with Crippen molar-refractivity contribution in [2.24, 2.45) is 5.73 Å². The van der Waals surface area contributed by atoms with E-state index < -0.39 is 0 Å². The fourth-order valence-corrected chi connectivity index (χ4v) is 4.45. The zero-order valence-corrected chi connectivity index (χ0v) is 12.6. The predicted octanol–water partition coefficient (Wildman–Crippen LogP) is 1.53. The Labute approximate surface area is 123 Å². The predicted molar refractivity (Wildman–Crippen MR) is 82.4 cm³/mol. The summed E-state index contributed by atoms with van der Waals surface area (Å²) in [6, 6.07) is 1.22. The summed E-state index contributed by atoms with van der Waals surface area (Å²) in [6.45, 7) is 6.37. The van der Waals surface area contributed by atoms with Crippen LogP contribution in [0.5, 0.6) is 0 Å². The summed E-state index contributed by atoms with van der Waals surface area (Å²) in [5, 5.41) is 2.07. The van der Waals surface area contributed by atoms with E-state index in [0.29, 0.717) is 18.6 Å². The van der Waals surface area contributed by atoms with Crippen molar-refractivity contribution in [3.05, 3.63) is 17.3 Å². The lowest BCUT2D eigenvalue weighted by atomic mass is 10.1. The third-order valence-electron chi connectivity index (χ3n) is 4.74. The summed E-state index contributed by atoms with van der Waals surface area (Å²) in [5.41, 5.74) is 7.14. The Kier molecular flexibility index (Phi) is 2.98. The van der Waals surface area contributed by atoms with E-state index in [4.69, 9.17) is 10.7 Å². The minimum atomic E-state index is 0.513. The average Bonchev–Trinajstić information content (AvgIpc) is 3.10. The molecule has 4 heterocycles. The van der Waals surface area contributed by atoms with Crippen LogP contribution < -0.4 is 10.6 Å². The number of nitrogens with zero attached hydrogens (tertiary/aromatic N) is 4. The SMILES string of the molecule is CC1CN2CCCC2CN1c1nc2sccn2c1CN. The molecule has 5 nitrogen and oxygen atoms in total. The van der Waals surface area contributed by atoms with Gasteiger partial charge < -0.3 is 10.6 Å². The number of hydrogen-bond acceptors (Lipinski definition) is 5. The van der Waals surface area contributed by atoms with E-state index in [1.807, 2.05) is 0 Å². The number of piperazine rings is 1. The van der Waals surface area contributed by atoms with E-state index in [1.165, 1.54) is 19.4 Å². The van der Waals surface area contributed by atoms with Gasteiger partial charge >= 0.3 is 0 Å². The van der Waals surface area contributed by atoms with Crippen molar-refractivity contribution in [3.8, 4) is 0 Å². The molecule has 2 aliphatic rings. The molecule has 2 fully saturated rings. The van der Waals surface area contributed by atoms with Crippen LogP contribution in [0, 0.1) is 0 Å². The summed E-state index contributed by atoms with van der Waals surface area (Å²) in [6.07, 6.45) is 4.74. The van der Waals surface area contributed by atoms with Gasteiger partial charge in [-0.2, -0.15) is 0 Å². The molecule has 4 rings (SSSR count). The first-order valence-electron chi connectivity index (χ1n) is 7.43. The van der Waals surface area contributed by atoms with Crippen LogP contribution in [0.1, 0.15) is 25.5 Å². The maximum atomic E-state index is 5.99. The quantitative estimate of drug-likeness (QED) is 0.911. The lowest BCUT2D eigenvalue weighted by Gasteiger charge is -2.42. The van der Waals surface area contributed by atoms with Gasteiger partial charge in [0, 0.05) is 43.3 Å². The Morgan fingerprint density at radius 1 is 1.45 bits per heavy atom. The molecule has 2 aliphatic heterocycles. The fourth-order valence-electron chi connectivity index (χ4n) is 3.72. The molecule has 20 heavy (non-hydrogen) atoms. The monoisotopic (exact) mass is 291 g/mol. The highest BCUT2D eigenvalue weighted by molar-refractivity contribution is 7.15. The van der Waals surface area contributed by atoms with Gasteiger partial charge in [0.05, 0.1) is 5.69 Å². The van der Waals surface area contributed by atoms with Crippen LogP contribution in [0.25, 0.3) is 4.96 Å². The van der Waals surface area contributed by atoms with Crippen molar-refractivity contribution in [1.29, 1.82) is 0 Å². The molecule has 0 radical (unpaired) electrons. The lowest BCUT2D eigenvalue weighted by Crippen LogP contribution is -2.55. The first kappa shape index (κ1) is 12.6. The van der Waals surface area contributed by atoms with Crippen molar-refractivity contribution >= 4 is 22.1 Å². The van der Waals surface area contributed by atoms with Crippen LogP contribution in [0.4, 0.5) is 5.82 Å². The Morgan fingerprint density at radius 2 is 2.35 bits per heavy atom. The van der Waals surface area contributed by atoms with Gasteiger partial charge in [-0.25, -0.2) is 4.98 Å². The van der Waals surface area contributed by atoms with Crippen molar-refractivity contribution in [2.45, 2.75) is 38.4 Å².